The van der Waals surface area contributed by atoms with Crippen LogP contribution in [0, 0.1) is 0 Å². The molecule has 1 saturated heterocycles. The van der Waals surface area contributed by atoms with Crippen LogP contribution in [0.15, 0.2) is 24.3 Å². The lowest BCUT2D eigenvalue weighted by atomic mass is 10.1. The number of carbonyl (C=O) groups excluding carboxylic acids is 1. The molecular formula is C16H22ClN3O. The first-order valence-electron chi connectivity index (χ1n) is 7.73. The van der Waals surface area contributed by atoms with Crippen LogP contribution in [0.25, 0.3) is 0 Å². The first-order chi connectivity index (χ1) is 10.2. The van der Waals surface area contributed by atoms with E-state index in [2.05, 4.69) is 10.2 Å². The molecule has 114 valence electrons. The number of piperazine rings is 1. The highest BCUT2D eigenvalue weighted by Gasteiger charge is 2.32. The van der Waals surface area contributed by atoms with Gasteiger partial charge in [0.15, 0.2) is 0 Å². The predicted octanol–water partition coefficient (Wildman–Crippen LogP) is 2.37. The average molecular weight is 308 g/mol. The smallest absolute Gasteiger partial charge is 0.317 e. The molecule has 1 heterocycles. The van der Waals surface area contributed by atoms with Crippen LogP contribution in [0.3, 0.4) is 0 Å². The first-order valence-corrected chi connectivity index (χ1v) is 8.11. The zero-order valence-corrected chi connectivity index (χ0v) is 13.0. The van der Waals surface area contributed by atoms with Gasteiger partial charge in [0.1, 0.15) is 0 Å². The highest BCUT2D eigenvalue weighted by molar-refractivity contribution is 6.30. The van der Waals surface area contributed by atoms with Crippen LogP contribution >= 0.6 is 11.6 Å². The largest absolute Gasteiger partial charge is 0.338 e. The Morgan fingerprint density at radius 3 is 2.43 bits per heavy atom. The molecule has 0 unspecified atom stereocenters. The van der Waals surface area contributed by atoms with Crippen LogP contribution in [0.2, 0.25) is 5.02 Å². The molecule has 0 aromatic heterocycles. The first kappa shape index (κ1) is 14.7. The van der Waals surface area contributed by atoms with Gasteiger partial charge in [0.2, 0.25) is 0 Å². The Hall–Kier alpha value is -1.26. The van der Waals surface area contributed by atoms with Crippen molar-refractivity contribution in [3.63, 3.8) is 0 Å². The maximum Gasteiger partial charge on any atom is 0.317 e. The van der Waals surface area contributed by atoms with Crippen molar-refractivity contribution in [2.75, 3.05) is 32.7 Å². The minimum Gasteiger partial charge on any atom is -0.338 e. The molecule has 4 nitrogen and oxygen atoms in total. The molecular weight excluding hydrogens is 286 g/mol. The molecule has 5 heteroatoms. The molecule has 2 aliphatic rings. The molecule has 21 heavy (non-hydrogen) atoms. The Morgan fingerprint density at radius 2 is 1.81 bits per heavy atom. The molecule has 1 saturated carbocycles. The third-order valence-electron chi connectivity index (χ3n) is 4.27. The van der Waals surface area contributed by atoms with Gasteiger partial charge >= 0.3 is 6.03 Å². The van der Waals surface area contributed by atoms with Crippen molar-refractivity contribution in [1.82, 2.24) is 15.1 Å². The summed E-state index contributed by atoms with van der Waals surface area (Å²) in [6.45, 7) is 4.42. The summed E-state index contributed by atoms with van der Waals surface area (Å²) >= 11 is 5.86. The van der Waals surface area contributed by atoms with Gasteiger partial charge in [0, 0.05) is 43.8 Å². The van der Waals surface area contributed by atoms with Gasteiger partial charge in [-0.3, -0.25) is 4.90 Å². The molecule has 0 radical (unpaired) electrons. The predicted molar refractivity (Wildman–Crippen MR) is 84.7 cm³/mol. The monoisotopic (exact) mass is 307 g/mol. The maximum absolute atomic E-state index is 12.1. The second kappa shape index (κ2) is 6.67. The van der Waals surface area contributed by atoms with Gasteiger partial charge in [-0.1, -0.05) is 23.7 Å². The molecule has 2 amide bonds. The number of urea groups is 1. The summed E-state index contributed by atoms with van der Waals surface area (Å²) in [5.74, 6) is 0. The summed E-state index contributed by atoms with van der Waals surface area (Å²) in [5, 5.41) is 3.76. The van der Waals surface area contributed by atoms with Crippen molar-refractivity contribution in [1.29, 1.82) is 0 Å². The van der Waals surface area contributed by atoms with Gasteiger partial charge in [0.05, 0.1) is 0 Å². The van der Waals surface area contributed by atoms with Crippen LogP contribution in [0.1, 0.15) is 18.4 Å². The van der Waals surface area contributed by atoms with E-state index >= 15 is 0 Å². The second-order valence-corrected chi connectivity index (χ2v) is 6.30. The van der Waals surface area contributed by atoms with Gasteiger partial charge in [-0.05, 0) is 37.0 Å². The van der Waals surface area contributed by atoms with Crippen LogP contribution in [0.5, 0.6) is 0 Å². The van der Waals surface area contributed by atoms with E-state index in [-0.39, 0.29) is 6.03 Å². The number of carbonyl (C=O) groups is 1. The highest BCUT2D eigenvalue weighted by atomic mass is 35.5. The zero-order valence-electron chi connectivity index (χ0n) is 12.2. The van der Waals surface area contributed by atoms with Crippen molar-refractivity contribution < 1.29 is 4.79 Å². The Morgan fingerprint density at radius 1 is 1.14 bits per heavy atom. The van der Waals surface area contributed by atoms with E-state index < -0.39 is 0 Å². The number of rotatable bonds is 4. The molecule has 3 rings (SSSR count). The quantitative estimate of drug-likeness (QED) is 0.927. The van der Waals surface area contributed by atoms with E-state index in [0.29, 0.717) is 6.54 Å². The molecule has 0 spiro atoms. The lowest BCUT2D eigenvalue weighted by Gasteiger charge is -2.34. The van der Waals surface area contributed by atoms with Crippen molar-refractivity contribution in [3.8, 4) is 0 Å². The molecule has 2 fully saturated rings. The molecule has 0 bridgehead atoms. The SMILES string of the molecule is O=C(NCCc1ccc(Cl)cc1)N1CCN(C2CC2)CC1. The van der Waals surface area contributed by atoms with Crippen LogP contribution < -0.4 is 5.32 Å². The van der Waals surface area contributed by atoms with Gasteiger partial charge in [-0.15, -0.1) is 0 Å². The van der Waals surface area contributed by atoms with Crippen LogP contribution in [0.4, 0.5) is 4.79 Å². The average Bonchev–Trinajstić information content (AvgIpc) is 3.34. The topological polar surface area (TPSA) is 35.6 Å². The summed E-state index contributed by atoms with van der Waals surface area (Å²) in [6.07, 6.45) is 3.52. The van der Waals surface area contributed by atoms with E-state index in [9.17, 15) is 4.79 Å². The van der Waals surface area contributed by atoms with E-state index in [4.69, 9.17) is 11.6 Å². The second-order valence-electron chi connectivity index (χ2n) is 5.86. The molecule has 1 aromatic carbocycles. The third-order valence-corrected chi connectivity index (χ3v) is 4.52. The summed E-state index contributed by atoms with van der Waals surface area (Å²) in [5.41, 5.74) is 1.19. The summed E-state index contributed by atoms with van der Waals surface area (Å²) < 4.78 is 0. The Kier molecular flexibility index (Phi) is 4.66. The summed E-state index contributed by atoms with van der Waals surface area (Å²) in [7, 11) is 0. The zero-order chi connectivity index (χ0) is 14.7. The van der Waals surface area contributed by atoms with Crippen LogP contribution in [-0.4, -0.2) is 54.6 Å². The lowest BCUT2D eigenvalue weighted by Crippen LogP contribution is -2.52. The summed E-state index contributed by atoms with van der Waals surface area (Å²) in [6, 6.07) is 8.65. The van der Waals surface area contributed by atoms with E-state index in [1.165, 1.54) is 18.4 Å². The van der Waals surface area contributed by atoms with Gasteiger partial charge in [-0.25, -0.2) is 4.79 Å². The molecule has 1 aliphatic carbocycles. The van der Waals surface area contributed by atoms with E-state index in [0.717, 1.165) is 43.7 Å². The Bertz CT molecular complexity index is 479. The van der Waals surface area contributed by atoms with Gasteiger partial charge < -0.3 is 10.2 Å². The maximum atomic E-state index is 12.1. The standard InChI is InChI=1S/C16H22ClN3O/c17-14-3-1-13(2-4-14)7-8-18-16(21)20-11-9-19(10-12-20)15-5-6-15/h1-4,15H,5-12H2,(H,18,21). The number of nitrogens with one attached hydrogen (secondary N) is 1. The Balaban J connectivity index is 1.37. The van der Waals surface area contributed by atoms with Crippen molar-refractivity contribution in [2.45, 2.75) is 25.3 Å². The van der Waals surface area contributed by atoms with Gasteiger partial charge in [0.25, 0.3) is 0 Å². The Labute approximate surface area is 131 Å². The number of hydrogen-bond acceptors (Lipinski definition) is 2. The molecule has 1 aromatic rings. The number of benzene rings is 1. The minimum absolute atomic E-state index is 0.0689. The number of halogens is 1. The van der Waals surface area contributed by atoms with E-state index in [1.807, 2.05) is 29.2 Å². The van der Waals surface area contributed by atoms with Crippen molar-refractivity contribution in [3.05, 3.63) is 34.9 Å². The van der Waals surface area contributed by atoms with Crippen LogP contribution in [-0.2, 0) is 6.42 Å². The highest BCUT2D eigenvalue weighted by Crippen LogP contribution is 2.27. The third kappa shape index (κ3) is 4.11. The number of nitrogens with zero attached hydrogens (tertiary/aromatic N) is 2. The van der Waals surface area contributed by atoms with E-state index in [1.54, 1.807) is 0 Å². The lowest BCUT2D eigenvalue weighted by molar-refractivity contribution is 0.135. The minimum atomic E-state index is 0.0689. The molecule has 0 atom stereocenters. The fourth-order valence-electron chi connectivity index (χ4n) is 2.81. The number of amides is 2. The van der Waals surface area contributed by atoms with Gasteiger partial charge in [-0.2, -0.15) is 0 Å². The molecule has 1 N–H and O–H groups in total. The fraction of sp³-hybridized carbons (Fsp3) is 0.562. The normalized spacial score (nSPS) is 19.6. The number of hydrogen-bond donors (Lipinski definition) is 1. The molecule has 1 aliphatic heterocycles. The van der Waals surface area contributed by atoms with Crippen molar-refractivity contribution in [2.24, 2.45) is 0 Å². The fourth-order valence-corrected chi connectivity index (χ4v) is 2.93. The summed E-state index contributed by atoms with van der Waals surface area (Å²) in [4.78, 5) is 16.6. The van der Waals surface area contributed by atoms with Crippen molar-refractivity contribution >= 4 is 17.6 Å².